The minimum atomic E-state index is -0.477. The lowest BCUT2D eigenvalue weighted by Gasteiger charge is -2.06. The van der Waals surface area contributed by atoms with E-state index in [9.17, 15) is 9.18 Å². The van der Waals surface area contributed by atoms with E-state index >= 15 is 0 Å². The average molecular weight is 306 g/mol. The summed E-state index contributed by atoms with van der Waals surface area (Å²) in [4.78, 5) is 17.5. The van der Waals surface area contributed by atoms with Crippen LogP contribution >= 0.6 is 11.3 Å². The molecule has 1 amide bonds. The predicted octanol–water partition coefficient (Wildman–Crippen LogP) is 3.18. The lowest BCUT2D eigenvalue weighted by atomic mass is 10.0. The van der Waals surface area contributed by atoms with E-state index in [4.69, 9.17) is 4.74 Å². The molecule has 0 aliphatic heterocycles. The molecule has 0 atom stereocenters. The molecule has 4 nitrogen and oxygen atoms in total. The van der Waals surface area contributed by atoms with Crippen molar-refractivity contribution in [3.8, 4) is 5.75 Å². The summed E-state index contributed by atoms with van der Waals surface area (Å²) in [5, 5.41) is 3.31. The maximum absolute atomic E-state index is 13.4. The van der Waals surface area contributed by atoms with Crippen molar-refractivity contribution >= 4 is 22.4 Å². The summed E-state index contributed by atoms with van der Waals surface area (Å²) in [6, 6.07) is 6.01. The molecular weight excluding hydrogens is 291 g/mol. The molecule has 1 N–H and O–H groups in total. The van der Waals surface area contributed by atoms with Gasteiger partial charge in [0, 0.05) is 4.88 Å². The van der Waals surface area contributed by atoms with Crippen LogP contribution in [-0.4, -0.2) is 17.5 Å². The average Bonchev–Trinajstić information content (AvgIpc) is 2.88. The van der Waals surface area contributed by atoms with Crippen LogP contribution in [0.5, 0.6) is 5.75 Å². The highest BCUT2D eigenvalue weighted by Gasteiger charge is 2.16. The van der Waals surface area contributed by atoms with Crippen LogP contribution < -0.4 is 10.1 Å². The van der Waals surface area contributed by atoms with E-state index in [1.54, 1.807) is 12.1 Å². The maximum atomic E-state index is 13.4. The van der Waals surface area contributed by atoms with E-state index < -0.39 is 5.82 Å². The number of hydrogen-bond donors (Lipinski definition) is 1. The Morgan fingerprint density at radius 2 is 2.14 bits per heavy atom. The van der Waals surface area contributed by atoms with Crippen LogP contribution in [0.3, 0.4) is 0 Å². The third-order valence-electron chi connectivity index (χ3n) is 3.29. The van der Waals surface area contributed by atoms with E-state index in [1.807, 2.05) is 0 Å². The zero-order valence-corrected chi connectivity index (χ0v) is 12.2. The largest absolute Gasteiger partial charge is 0.481 e. The number of thiazole rings is 1. The molecule has 0 bridgehead atoms. The van der Waals surface area contributed by atoms with Crippen LogP contribution in [-0.2, 0) is 17.6 Å². The number of nitrogens with one attached hydrogen (secondary N) is 1. The molecule has 3 rings (SSSR count). The van der Waals surface area contributed by atoms with Crippen molar-refractivity contribution in [3.63, 3.8) is 0 Å². The Labute approximate surface area is 126 Å². The first-order valence-corrected chi connectivity index (χ1v) is 7.70. The molecule has 1 aliphatic rings. The summed E-state index contributed by atoms with van der Waals surface area (Å²) in [5.41, 5.74) is 1.09. The number of halogens is 1. The number of amides is 1. The SMILES string of the molecule is O=C(COc1ccccc1F)Nc1nc2c(s1)CCCC2. The summed E-state index contributed by atoms with van der Waals surface area (Å²) in [6.07, 6.45) is 4.35. The Morgan fingerprint density at radius 1 is 1.33 bits per heavy atom. The van der Waals surface area contributed by atoms with Gasteiger partial charge in [-0.05, 0) is 37.8 Å². The van der Waals surface area contributed by atoms with Crippen LogP contribution in [0.2, 0.25) is 0 Å². The lowest BCUT2D eigenvalue weighted by molar-refractivity contribution is -0.118. The van der Waals surface area contributed by atoms with Crippen molar-refractivity contribution in [2.24, 2.45) is 0 Å². The van der Waals surface area contributed by atoms with Gasteiger partial charge in [-0.15, -0.1) is 11.3 Å². The zero-order valence-electron chi connectivity index (χ0n) is 11.4. The van der Waals surface area contributed by atoms with Gasteiger partial charge < -0.3 is 4.74 Å². The Bertz CT molecular complexity index is 633. The van der Waals surface area contributed by atoms with E-state index in [1.165, 1.54) is 34.8 Å². The van der Waals surface area contributed by atoms with Crippen molar-refractivity contribution in [1.82, 2.24) is 4.98 Å². The second kappa shape index (κ2) is 6.22. The van der Waals surface area contributed by atoms with Crippen molar-refractivity contribution in [2.75, 3.05) is 11.9 Å². The van der Waals surface area contributed by atoms with Gasteiger partial charge in [0.05, 0.1) is 5.69 Å². The minimum Gasteiger partial charge on any atom is -0.481 e. The number of para-hydroxylation sites is 1. The molecule has 1 heterocycles. The molecular formula is C15H15FN2O2S. The highest BCUT2D eigenvalue weighted by Crippen LogP contribution is 2.29. The summed E-state index contributed by atoms with van der Waals surface area (Å²) < 4.78 is 18.5. The number of aryl methyl sites for hydroxylation is 2. The van der Waals surface area contributed by atoms with Crippen LogP contribution in [0, 0.1) is 5.82 Å². The summed E-state index contributed by atoms with van der Waals surface area (Å²) >= 11 is 1.52. The van der Waals surface area contributed by atoms with Crippen LogP contribution in [0.4, 0.5) is 9.52 Å². The molecule has 2 aromatic rings. The standard InChI is InChI=1S/C15H15FN2O2S/c16-10-5-1-3-7-12(10)20-9-14(19)18-15-17-11-6-2-4-8-13(11)21-15/h1,3,5,7H,2,4,6,8-9H2,(H,17,18,19). The highest BCUT2D eigenvalue weighted by molar-refractivity contribution is 7.15. The number of benzene rings is 1. The smallest absolute Gasteiger partial charge is 0.264 e. The third-order valence-corrected chi connectivity index (χ3v) is 4.36. The van der Waals surface area contributed by atoms with Gasteiger partial charge in [0.1, 0.15) is 0 Å². The van der Waals surface area contributed by atoms with Gasteiger partial charge in [0.15, 0.2) is 23.3 Å². The molecule has 1 aliphatic carbocycles. The van der Waals surface area contributed by atoms with Gasteiger partial charge in [-0.1, -0.05) is 12.1 Å². The number of hydrogen-bond acceptors (Lipinski definition) is 4. The number of aromatic nitrogens is 1. The first-order valence-electron chi connectivity index (χ1n) is 6.88. The molecule has 1 aromatic carbocycles. The fraction of sp³-hybridized carbons (Fsp3) is 0.333. The molecule has 1 aromatic heterocycles. The summed E-state index contributed by atoms with van der Waals surface area (Å²) in [6.45, 7) is -0.231. The Hall–Kier alpha value is -1.95. The zero-order chi connectivity index (χ0) is 14.7. The van der Waals surface area contributed by atoms with Crippen LogP contribution in [0.15, 0.2) is 24.3 Å². The molecule has 110 valence electrons. The number of carbonyl (C=O) groups excluding carboxylic acids is 1. The van der Waals surface area contributed by atoms with E-state index in [0.717, 1.165) is 25.0 Å². The van der Waals surface area contributed by atoms with Crippen molar-refractivity contribution < 1.29 is 13.9 Å². The molecule has 0 unspecified atom stereocenters. The van der Waals surface area contributed by atoms with E-state index in [-0.39, 0.29) is 18.3 Å². The maximum Gasteiger partial charge on any atom is 0.264 e. The third kappa shape index (κ3) is 3.39. The van der Waals surface area contributed by atoms with Gasteiger partial charge in [0.25, 0.3) is 5.91 Å². The van der Waals surface area contributed by atoms with Crippen LogP contribution in [0.1, 0.15) is 23.4 Å². The number of nitrogens with zero attached hydrogens (tertiary/aromatic N) is 1. The summed E-state index contributed by atoms with van der Waals surface area (Å²) in [5.74, 6) is -0.731. The fourth-order valence-corrected chi connectivity index (χ4v) is 3.33. The van der Waals surface area contributed by atoms with Gasteiger partial charge >= 0.3 is 0 Å². The molecule has 21 heavy (non-hydrogen) atoms. The number of anilines is 1. The Morgan fingerprint density at radius 3 is 2.95 bits per heavy atom. The van der Waals surface area contributed by atoms with E-state index in [0.29, 0.717) is 5.13 Å². The second-order valence-corrected chi connectivity index (χ2v) is 5.95. The molecule has 6 heteroatoms. The number of ether oxygens (including phenoxy) is 1. The molecule has 0 saturated heterocycles. The fourth-order valence-electron chi connectivity index (χ4n) is 2.27. The number of rotatable bonds is 4. The lowest BCUT2D eigenvalue weighted by Crippen LogP contribution is -2.20. The number of fused-ring (bicyclic) bond motifs is 1. The molecule has 0 saturated carbocycles. The Kier molecular flexibility index (Phi) is 4.15. The normalized spacial score (nSPS) is 13.6. The van der Waals surface area contributed by atoms with Crippen molar-refractivity contribution in [3.05, 3.63) is 40.7 Å². The molecule has 0 fully saturated rings. The molecule has 0 spiro atoms. The Balaban J connectivity index is 1.57. The van der Waals surface area contributed by atoms with Crippen molar-refractivity contribution in [2.45, 2.75) is 25.7 Å². The number of carbonyl (C=O) groups is 1. The quantitative estimate of drug-likeness (QED) is 0.944. The predicted molar refractivity (Wildman–Crippen MR) is 79.3 cm³/mol. The van der Waals surface area contributed by atoms with Gasteiger partial charge in [-0.25, -0.2) is 9.37 Å². The van der Waals surface area contributed by atoms with Gasteiger partial charge in [-0.2, -0.15) is 0 Å². The first kappa shape index (κ1) is 14.0. The topological polar surface area (TPSA) is 51.2 Å². The second-order valence-electron chi connectivity index (χ2n) is 4.86. The monoisotopic (exact) mass is 306 g/mol. The van der Waals surface area contributed by atoms with Crippen LogP contribution in [0.25, 0.3) is 0 Å². The minimum absolute atomic E-state index is 0.0751. The van der Waals surface area contributed by atoms with Gasteiger partial charge in [0.2, 0.25) is 0 Å². The highest BCUT2D eigenvalue weighted by atomic mass is 32.1. The molecule has 0 radical (unpaired) electrons. The van der Waals surface area contributed by atoms with E-state index in [2.05, 4.69) is 10.3 Å². The first-order chi connectivity index (χ1) is 10.2. The van der Waals surface area contributed by atoms with Gasteiger partial charge in [-0.3, -0.25) is 10.1 Å². The van der Waals surface area contributed by atoms with Crippen molar-refractivity contribution in [1.29, 1.82) is 0 Å². The summed E-state index contributed by atoms with van der Waals surface area (Å²) in [7, 11) is 0.